The molecule has 0 bridgehead atoms. The molecule has 2 unspecified atom stereocenters. The lowest BCUT2D eigenvalue weighted by Gasteiger charge is -2.22. The summed E-state index contributed by atoms with van der Waals surface area (Å²) in [5.41, 5.74) is 1.01. The fraction of sp³-hybridized carbons (Fsp3) is 0.350. The van der Waals surface area contributed by atoms with E-state index in [0.29, 0.717) is 17.1 Å². The summed E-state index contributed by atoms with van der Waals surface area (Å²) in [5, 5.41) is 21.5. The number of nitrogens with zero attached hydrogens (tertiary/aromatic N) is 6. The third-order valence-corrected chi connectivity index (χ3v) is 5.44. The summed E-state index contributed by atoms with van der Waals surface area (Å²) in [7, 11) is 0. The zero-order chi connectivity index (χ0) is 23.3. The number of pyridine rings is 1. The zero-order valence-corrected chi connectivity index (χ0v) is 16.8. The van der Waals surface area contributed by atoms with E-state index in [0.717, 1.165) is 23.8 Å². The van der Waals surface area contributed by atoms with E-state index in [1.54, 1.807) is 16.9 Å². The molecule has 1 N–H and O–H groups in total. The molecule has 0 spiro atoms. The molecule has 172 valence electrons. The van der Waals surface area contributed by atoms with Gasteiger partial charge in [-0.25, -0.2) is 22.4 Å². The highest BCUT2D eigenvalue weighted by atomic mass is 19.3. The van der Waals surface area contributed by atoms with Crippen LogP contribution in [0.5, 0.6) is 0 Å². The first-order valence-electron chi connectivity index (χ1n) is 9.97. The Morgan fingerprint density at radius 2 is 2.00 bits per heavy atom. The van der Waals surface area contributed by atoms with Crippen LogP contribution >= 0.6 is 0 Å². The first-order valence-corrected chi connectivity index (χ1v) is 9.97. The molecule has 3 heterocycles. The number of rotatable bonds is 6. The van der Waals surface area contributed by atoms with Crippen LogP contribution in [0.2, 0.25) is 0 Å². The van der Waals surface area contributed by atoms with E-state index in [-0.39, 0.29) is 17.3 Å². The molecule has 3 aromatic rings. The minimum atomic E-state index is -4.02. The second-order valence-corrected chi connectivity index (χ2v) is 7.77. The van der Waals surface area contributed by atoms with E-state index in [4.69, 9.17) is 0 Å². The van der Waals surface area contributed by atoms with Crippen LogP contribution in [0.3, 0.4) is 0 Å². The van der Waals surface area contributed by atoms with Gasteiger partial charge in [0.25, 0.3) is 6.43 Å². The number of hydrogen-bond donors (Lipinski definition) is 1. The Labute approximate surface area is 183 Å². The van der Waals surface area contributed by atoms with Gasteiger partial charge in [-0.1, -0.05) is 6.07 Å². The average Bonchev–Trinajstić information content (AvgIpc) is 3.38. The standard InChI is InChI=1S/C20H16F4N6O3/c21-14-7-12(29-9-16(33-19(29)31)20(24,32)18(22)23)4-5-13(14)10-1-6-15(25-8-10)17-26-28-30(27-17)11-2-3-11/h1,4-8,11,16,18,32H,2-3,9H2. The first-order chi connectivity index (χ1) is 15.7. The highest BCUT2D eigenvalue weighted by Gasteiger charge is 2.53. The van der Waals surface area contributed by atoms with Gasteiger partial charge in [-0.05, 0) is 42.3 Å². The molecule has 13 heteroatoms. The Bertz CT molecular complexity index is 1200. The molecule has 0 radical (unpaired) electrons. The van der Waals surface area contributed by atoms with E-state index in [1.165, 1.54) is 18.3 Å². The third kappa shape index (κ3) is 3.88. The normalized spacial score (nSPS) is 20.2. The fourth-order valence-electron chi connectivity index (χ4n) is 3.40. The molecular weight excluding hydrogens is 448 g/mol. The summed E-state index contributed by atoms with van der Waals surface area (Å²) in [5.74, 6) is -4.40. The van der Waals surface area contributed by atoms with Crippen molar-refractivity contribution in [1.82, 2.24) is 25.2 Å². The highest BCUT2D eigenvalue weighted by molar-refractivity contribution is 5.90. The molecular formula is C20H16F4N6O3. The molecule has 2 atom stereocenters. The maximum absolute atomic E-state index is 14.8. The molecule has 2 aromatic heterocycles. The molecule has 1 aromatic carbocycles. The van der Waals surface area contributed by atoms with Gasteiger partial charge in [0.2, 0.25) is 5.82 Å². The van der Waals surface area contributed by atoms with Crippen LogP contribution in [0.1, 0.15) is 18.9 Å². The van der Waals surface area contributed by atoms with Crippen molar-refractivity contribution in [1.29, 1.82) is 0 Å². The van der Waals surface area contributed by atoms with Crippen LogP contribution in [-0.4, -0.2) is 61.3 Å². The summed E-state index contributed by atoms with van der Waals surface area (Å²) in [6, 6.07) is 7.19. The number of hydrogen-bond acceptors (Lipinski definition) is 7. The van der Waals surface area contributed by atoms with Gasteiger partial charge in [-0.2, -0.15) is 4.80 Å². The Morgan fingerprint density at radius 1 is 1.21 bits per heavy atom. The van der Waals surface area contributed by atoms with Crippen LogP contribution < -0.4 is 4.90 Å². The highest BCUT2D eigenvalue weighted by Crippen LogP contribution is 2.35. The van der Waals surface area contributed by atoms with E-state index >= 15 is 0 Å². The van der Waals surface area contributed by atoms with Crippen molar-refractivity contribution in [3.63, 3.8) is 0 Å². The minimum absolute atomic E-state index is 0.0423. The van der Waals surface area contributed by atoms with Crippen molar-refractivity contribution in [3.05, 3.63) is 42.3 Å². The molecule has 1 saturated carbocycles. The predicted octanol–water partition coefficient (Wildman–Crippen LogP) is 3.12. The van der Waals surface area contributed by atoms with Crippen LogP contribution in [0, 0.1) is 5.82 Å². The lowest BCUT2D eigenvalue weighted by Crippen LogP contribution is -2.46. The van der Waals surface area contributed by atoms with Gasteiger partial charge in [0.05, 0.1) is 18.3 Å². The Balaban J connectivity index is 1.34. The molecule has 1 aliphatic heterocycles. The Morgan fingerprint density at radius 3 is 2.64 bits per heavy atom. The molecule has 33 heavy (non-hydrogen) atoms. The maximum atomic E-state index is 14.8. The van der Waals surface area contributed by atoms with Gasteiger partial charge in [-0.3, -0.25) is 9.88 Å². The molecule has 9 nitrogen and oxygen atoms in total. The van der Waals surface area contributed by atoms with E-state index < -0.39 is 36.8 Å². The number of halogens is 4. The number of amides is 1. The van der Waals surface area contributed by atoms with Gasteiger partial charge >= 0.3 is 11.9 Å². The van der Waals surface area contributed by atoms with Gasteiger partial charge in [-0.15, -0.1) is 10.2 Å². The molecule has 2 aliphatic rings. The Hall–Kier alpha value is -3.61. The summed E-state index contributed by atoms with van der Waals surface area (Å²) in [6.07, 6.45) is -3.63. The molecule has 1 aliphatic carbocycles. The second kappa shape index (κ2) is 7.76. The second-order valence-electron chi connectivity index (χ2n) is 7.77. The van der Waals surface area contributed by atoms with Crippen molar-refractivity contribution >= 4 is 11.8 Å². The van der Waals surface area contributed by atoms with Crippen molar-refractivity contribution in [3.8, 4) is 22.6 Å². The quantitative estimate of drug-likeness (QED) is 0.559. The summed E-state index contributed by atoms with van der Waals surface area (Å²) in [6.45, 7) is -0.709. The number of anilines is 1. The average molecular weight is 464 g/mol. The molecule has 5 rings (SSSR count). The number of benzene rings is 1. The first kappa shape index (κ1) is 21.2. The van der Waals surface area contributed by atoms with E-state index in [2.05, 4.69) is 25.1 Å². The number of carbonyl (C=O) groups excluding carboxylic acids is 1. The summed E-state index contributed by atoms with van der Waals surface area (Å²) >= 11 is 0. The van der Waals surface area contributed by atoms with Gasteiger partial charge in [0.15, 0.2) is 6.10 Å². The molecule has 1 amide bonds. The topological polar surface area (TPSA) is 106 Å². The largest absolute Gasteiger partial charge is 0.438 e. The van der Waals surface area contributed by atoms with E-state index in [9.17, 15) is 27.5 Å². The zero-order valence-electron chi connectivity index (χ0n) is 16.8. The summed E-state index contributed by atoms with van der Waals surface area (Å²) < 4.78 is 58.5. The van der Waals surface area contributed by atoms with Crippen LogP contribution in [0.15, 0.2) is 36.5 Å². The van der Waals surface area contributed by atoms with Crippen molar-refractivity contribution in [2.45, 2.75) is 37.3 Å². The predicted molar refractivity (Wildman–Crippen MR) is 104 cm³/mol. The smallest absolute Gasteiger partial charge is 0.414 e. The van der Waals surface area contributed by atoms with Gasteiger partial charge in [0.1, 0.15) is 11.5 Å². The van der Waals surface area contributed by atoms with Gasteiger partial charge < -0.3 is 9.84 Å². The van der Waals surface area contributed by atoms with E-state index in [1.807, 2.05) is 0 Å². The van der Waals surface area contributed by atoms with Gasteiger partial charge in [0, 0.05) is 17.3 Å². The van der Waals surface area contributed by atoms with Crippen LogP contribution in [0.4, 0.5) is 28.0 Å². The number of tetrazole rings is 1. The lowest BCUT2D eigenvalue weighted by atomic mass is 10.1. The summed E-state index contributed by atoms with van der Waals surface area (Å²) in [4.78, 5) is 18.5. The molecule has 1 saturated heterocycles. The number of aliphatic hydroxyl groups is 1. The van der Waals surface area contributed by atoms with Crippen LogP contribution in [-0.2, 0) is 4.74 Å². The number of cyclic esters (lactones) is 1. The lowest BCUT2D eigenvalue weighted by molar-refractivity contribution is -0.230. The van der Waals surface area contributed by atoms with Crippen molar-refractivity contribution in [2.75, 3.05) is 11.4 Å². The number of ether oxygens (including phenoxy) is 1. The molecule has 2 fully saturated rings. The van der Waals surface area contributed by atoms with Crippen molar-refractivity contribution < 1.29 is 32.2 Å². The minimum Gasteiger partial charge on any atom is -0.438 e. The fourth-order valence-corrected chi connectivity index (χ4v) is 3.40. The maximum Gasteiger partial charge on any atom is 0.414 e. The SMILES string of the molecule is O=C1OC(C(O)(F)C(F)F)CN1c1ccc(-c2ccc(-c3nnn(C4CC4)n3)nc2)c(F)c1. The third-order valence-electron chi connectivity index (χ3n) is 5.44. The number of aromatic nitrogens is 5. The number of alkyl halides is 3. The monoisotopic (exact) mass is 464 g/mol. The number of carbonyl (C=O) groups is 1. The van der Waals surface area contributed by atoms with Crippen LogP contribution in [0.25, 0.3) is 22.6 Å². The Kier molecular flexibility index (Phi) is 5.00. The van der Waals surface area contributed by atoms with Crippen molar-refractivity contribution in [2.24, 2.45) is 0 Å².